The Hall–Kier alpha value is -2.62. The Morgan fingerprint density at radius 3 is 2.56 bits per heavy atom. The van der Waals surface area contributed by atoms with E-state index in [1.165, 1.54) is 16.7 Å². The highest BCUT2D eigenvalue weighted by molar-refractivity contribution is 7.99. The van der Waals surface area contributed by atoms with Crippen LogP contribution in [0.15, 0.2) is 31.7 Å². The summed E-state index contributed by atoms with van der Waals surface area (Å²) in [5, 5.41) is 2.89. The van der Waals surface area contributed by atoms with Crippen molar-refractivity contribution in [1.29, 1.82) is 0 Å². The van der Waals surface area contributed by atoms with E-state index in [1.54, 1.807) is 6.92 Å². The fourth-order valence-electron chi connectivity index (χ4n) is 2.10. The van der Waals surface area contributed by atoms with Gasteiger partial charge in [-0.3, -0.25) is 23.9 Å². The van der Waals surface area contributed by atoms with E-state index in [2.05, 4.69) is 20.3 Å². The largest absolute Gasteiger partial charge is 0.329 e. The molecule has 0 bridgehead atoms. The topological polar surface area (TPSA) is 130 Å². The first-order valence-corrected chi connectivity index (χ1v) is 8.58. The van der Waals surface area contributed by atoms with Gasteiger partial charge in [-0.15, -0.1) is 0 Å². The van der Waals surface area contributed by atoms with Gasteiger partial charge in [-0.05, 0) is 12.8 Å². The highest BCUT2D eigenvalue weighted by Gasteiger charge is 2.12. The summed E-state index contributed by atoms with van der Waals surface area (Å²) in [6, 6.07) is 2.52. The van der Waals surface area contributed by atoms with Crippen LogP contribution in [-0.2, 0) is 11.3 Å². The Kier molecular flexibility index (Phi) is 5.97. The zero-order valence-corrected chi connectivity index (χ0v) is 14.9. The van der Waals surface area contributed by atoms with Crippen molar-refractivity contribution in [2.75, 3.05) is 11.1 Å². The van der Waals surface area contributed by atoms with E-state index in [0.29, 0.717) is 17.4 Å². The molecule has 2 heterocycles. The van der Waals surface area contributed by atoms with Gasteiger partial charge in [0, 0.05) is 24.4 Å². The smallest absolute Gasteiger partial charge is 0.311 e. The Morgan fingerprint density at radius 2 is 1.92 bits per heavy atom. The summed E-state index contributed by atoms with van der Waals surface area (Å²) in [5.74, 6) is -0.166. The molecule has 0 aliphatic heterocycles. The molecule has 0 spiro atoms. The van der Waals surface area contributed by atoms with Crippen LogP contribution in [0.2, 0.25) is 0 Å². The van der Waals surface area contributed by atoms with Gasteiger partial charge in [0.25, 0.3) is 11.1 Å². The maximum absolute atomic E-state index is 12.1. The molecule has 2 rings (SSSR count). The van der Waals surface area contributed by atoms with E-state index in [0.717, 1.165) is 11.8 Å². The number of nitrogens with one attached hydrogen (secondary N) is 3. The monoisotopic (exact) mass is 365 g/mol. The first-order valence-electron chi connectivity index (χ1n) is 7.59. The molecule has 0 unspecified atom stereocenters. The Balaban J connectivity index is 2.13. The summed E-state index contributed by atoms with van der Waals surface area (Å²) in [4.78, 5) is 55.8. The number of H-pyrrole nitrogens is 2. The Bertz CT molecular complexity index is 944. The first-order chi connectivity index (χ1) is 11.7. The van der Waals surface area contributed by atoms with Crippen molar-refractivity contribution in [2.24, 2.45) is 5.92 Å². The van der Waals surface area contributed by atoms with E-state index in [9.17, 15) is 19.2 Å². The third kappa shape index (κ3) is 5.45. The number of anilines is 1. The second kappa shape index (κ2) is 7.97. The fourth-order valence-corrected chi connectivity index (χ4v) is 2.82. The number of aromatic amines is 2. The highest BCUT2D eigenvalue weighted by atomic mass is 32.2. The molecule has 9 nitrogen and oxygen atoms in total. The quantitative estimate of drug-likeness (QED) is 0.499. The van der Waals surface area contributed by atoms with E-state index >= 15 is 0 Å². The zero-order valence-electron chi connectivity index (χ0n) is 14.1. The molecule has 0 aromatic carbocycles. The fraction of sp³-hybridized carbons (Fsp3) is 0.400. The predicted octanol–water partition coefficient (Wildman–Crippen LogP) is 0.315. The second-order valence-corrected chi connectivity index (χ2v) is 6.82. The average molecular weight is 365 g/mol. The predicted molar refractivity (Wildman–Crippen MR) is 95.1 cm³/mol. The van der Waals surface area contributed by atoms with Crippen molar-refractivity contribution in [1.82, 2.24) is 19.5 Å². The summed E-state index contributed by atoms with van der Waals surface area (Å²) in [6.45, 7) is 5.86. The minimum absolute atomic E-state index is 0.0327. The summed E-state index contributed by atoms with van der Waals surface area (Å²) in [7, 11) is 0. The Morgan fingerprint density at radius 1 is 1.24 bits per heavy atom. The Labute approximate surface area is 146 Å². The lowest BCUT2D eigenvalue weighted by atomic mass is 10.2. The van der Waals surface area contributed by atoms with Crippen molar-refractivity contribution in [3.8, 4) is 0 Å². The van der Waals surface area contributed by atoms with Crippen molar-refractivity contribution in [3.63, 3.8) is 0 Å². The molecule has 25 heavy (non-hydrogen) atoms. The number of aromatic nitrogens is 4. The van der Waals surface area contributed by atoms with E-state index in [-0.39, 0.29) is 23.0 Å². The van der Waals surface area contributed by atoms with Crippen LogP contribution in [0.25, 0.3) is 0 Å². The number of thioether (sulfide) groups is 1. The van der Waals surface area contributed by atoms with Crippen LogP contribution in [0, 0.1) is 12.8 Å². The van der Waals surface area contributed by atoms with Gasteiger partial charge in [0.1, 0.15) is 5.82 Å². The molecule has 10 heteroatoms. The van der Waals surface area contributed by atoms with Gasteiger partial charge in [0.15, 0.2) is 5.16 Å². The molecule has 1 amide bonds. The normalized spacial score (nSPS) is 10.9. The molecule has 0 aliphatic rings. The number of amides is 1. The average Bonchev–Trinajstić information content (AvgIpc) is 2.47. The lowest BCUT2D eigenvalue weighted by Gasteiger charge is -2.14. The lowest BCUT2D eigenvalue weighted by Crippen LogP contribution is -2.34. The molecule has 0 saturated heterocycles. The number of carbonyl (C=O) groups excluding carboxylic acids is 1. The lowest BCUT2D eigenvalue weighted by molar-refractivity contribution is -0.113. The maximum atomic E-state index is 12.1. The van der Waals surface area contributed by atoms with Gasteiger partial charge in [-0.25, -0.2) is 9.78 Å². The maximum Gasteiger partial charge on any atom is 0.329 e. The third-order valence-corrected chi connectivity index (χ3v) is 3.91. The SMILES string of the molecule is Cc1cc(=O)[nH]c(SCC(=O)Nc2cc(=O)[nH]c(=O)n2CC(C)C)n1. The zero-order chi connectivity index (χ0) is 18.6. The van der Waals surface area contributed by atoms with Gasteiger partial charge >= 0.3 is 5.69 Å². The number of carbonyl (C=O) groups is 1. The van der Waals surface area contributed by atoms with Crippen LogP contribution in [0.1, 0.15) is 19.5 Å². The summed E-state index contributed by atoms with van der Waals surface area (Å²) >= 11 is 1.05. The molecule has 3 N–H and O–H groups in total. The molecule has 0 radical (unpaired) electrons. The number of hydrogen-bond acceptors (Lipinski definition) is 6. The molecule has 2 aromatic rings. The van der Waals surface area contributed by atoms with Crippen molar-refractivity contribution < 1.29 is 4.79 Å². The number of aryl methyl sites for hydroxylation is 1. The molecule has 0 saturated carbocycles. The van der Waals surface area contributed by atoms with Crippen LogP contribution < -0.4 is 22.1 Å². The number of nitrogens with zero attached hydrogens (tertiary/aromatic N) is 2. The summed E-state index contributed by atoms with van der Waals surface area (Å²) in [6.07, 6.45) is 0. The molecule has 0 fully saturated rings. The van der Waals surface area contributed by atoms with Gasteiger partial charge in [0.05, 0.1) is 5.75 Å². The van der Waals surface area contributed by atoms with Gasteiger partial charge in [0.2, 0.25) is 5.91 Å². The molecular formula is C15H19N5O4S. The van der Waals surface area contributed by atoms with Crippen LogP contribution in [-0.4, -0.2) is 31.2 Å². The summed E-state index contributed by atoms with van der Waals surface area (Å²) < 4.78 is 1.31. The van der Waals surface area contributed by atoms with Crippen LogP contribution in [0.5, 0.6) is 0 Å². The molecular weight excluding hydrogens is 346 g/mol. The van der Waals surface area contributed by atoms with Crippen molar-refractivity contribution >= 4 is 23.5 Å². The van der Waals surface area contributed by atoms with Gasteiger partial charge < -0.3 is 10.3 Å². The minimum atomic E-state index is -0.586. The minimum Gasteiger partial charge on any atom is -0.311 e. The van der Waals surface area contributed by atoms with E-state index in [1.807, 2.05) is 13.8 Å². The van der Waals surface area contributed by atoms with Gasteiger partial charge in [-0.1, -0.05) is 25.6 Å². The number of hydrogen-bond donors (Lipinski definition) is 3. The first kappa shape index (κ1) is 18.7. The van der Waals surface area contributed by atoms with Crippen molar-refractivity contribution in [3.05, 3.63) is 49.0 Å². The van der Waals surface area contributed by atoms with E-state index in [4.69, 9.17) is 0 Å². The van der Waals surface area contributed by atoms with Crippen LogP contribution in [0.4, 0.5) is 5.82 Å². The number of rotatable bonds is 6. The standard InChI is InChI=1S/C15H19N5O4S/c1-8(2)6-20-10(5-12(22)19-15(20)24)17-13(23)7-25-14-16-9(3)4-11(21)18-14/h4-5,8H,6-7H2,1-3H3,(H,17,23)(H,16,18,21)(H,19,22,24). The van der Waals surface area contributed by atoms with Crippen LogP contribution >= 0.6 is 11.8 Å². The molecule has 0 aliphatic carbocycles. The van der Waals surface area contributed by atoms with E-state index < -0.39 is 17.2 Å². The second-order valence-electron chi connectivity index (χ2n) is 5.86. The van der Waals surface area contributed by atoms with Crippen molar-refractivity contribution in [2.45, 2.75) is 32.5 Å². The highest BCUT2D eigenvalue weighted by Crippen LogP contribution is 2.12. The molecule has 134 valence electrons. The third-order valence-electron chi connectivity index (χ3n) is 3.04. The van der Waals surface area contributed by atoms with Gasteiger partial charge in [-0.2, -0.15) is 0 Å². The molecule has 0 atom stereocenters. The molecule has 2 aromatic heterocycles. The van der Waals surface area contributed by atoms with Crippen LogP contribution in [0.3, 0.4) is 0 Å². The summed E-state index contributed by atoms with van der Waals surface area (Å²) in [5.41, 5.74) is -0.908.